The zero-order valence-electron chi connectivity index (χ0n) is 18.2. The largest absolute Gasteiger partial charge is 0.336 e. The second kappa shape index (κ2) is 9.18. The van der Waals surface area contributed by atoms with E-state index < -0.39 is 10.0 Å². The van der Waals surface area contributed by atoms with E-state index in [-0.39, 0.29) is 10.8 Å². The van der Waals surface area contributed by atoms with Gasteiger partial charge in [0.15, 0.2) is 0 Å². The molecule has 0 aromatic heterocycles. The molecule has 1 aliphatic rings. The average molecular weight is 430 g/mol. The van der Waals surface area contributed by atoms with Crippen LogP contribution in [0.1, 0.15) is 35.3 Å². The number of para-hydroxylation sites is 1. The van der Waals surface area contributed by atoms with Gasteiger partial charge in [0.05, 0.1) is 10.6 Å². The van der Waals surface area contributed by atoms with Gasteiger partial charge in [-0.15, -0.1) is 0 Å². The zero-order chi connectivity index (χ0) is 21.9. The van der Waals surface area contributed by atoms with Crippen LogP contribution < -0.4 is 4.72 Å². The molecule has 0 radical (unpaired) electrons. The standard InChI is InChI=1S/C23H31N3O3S/c1-17(2)16-25-11-13-26(14-12-25)23(27)21-15-20(10-9-18(21)3)30(28,29)24-22-8-6-5-7-19(22)4/h5-10,15,17,24H,11-14,16H2,1-4H3. The van der Waals surface area contributed by atoms with Crippen molar-refractivity contribution in [2.75, 3.05) is 37.4 Å². The topological polar surface area (TPSA) is 69.7 Å². The Hall–Kier alpha value is -2.38. The van der Waals surface area contributed by atoms with E-state index in [2.05, 4.69) is 23.5 Å². The van der Waals surface area contributed by atoms with Crippen molar-refractivity contribution in [2.45, 2.75) is 32.6 Å². The fourth-order valence-electron chi connectivity index (χ4n) is 3.71. The Morgan fingerprint density at radius 3 is 2.30 bits per heavy atom. The highest BCUT2D eigenvalue weighted by molar-refractivity contribution is 7.92. The Bertz CT molecular complexity index is 1010. The second-order valence-electron chi connectivity index (χ2n) is 8.38. The predicted octanol–water partition coefficient (Wildman–Crippen LogP) is 3.52. The van der Waals surface area contributed by atoms with E-state index >= 15 is 0 Å². The second-order valence-corrected chi connectivity index (χ2v) is 10.1. The molecule has 0 unspecified atom stereocenters. The number of nitrogens with one attached hydrogen (secondary N) is 1. The smallest absolute Gasteiger partial charge is 0.261 e. The first-order valence-corrected chi connectivity index (χ1v) is 11.9. The number of aryl methyl sites for hydroxylation is 2. The number of carbonyl (C=O) groups excluding carboxylic acids is 1. The molecule has 30 heavy (non-hydrogen) atoms. The molecule has 2 aromatic carbocycles. The molecule has 0 bridgehead atoms. The number of sulfonamides is 1. The van der Waals surface area contributed by atoms with Gasteiger partial charge in [0, 0.05) is 38.3 Å². The molecule has 6 nitrogen and oxygen atoms in total. The molecule has 1 heterocycles. The molecular formula is C23H31N3O3S. The van der Waals surface area contributed by atoms with Gasteiger partial charge < -0.3 is 4.90 Å². The normalized spacial score (nSPS) is 15.4. The lowest BCUT2D eigenvalue weighted by Crippen LogP contribution is -2.49. The van der Waals surface area contributed by atoms with Crippen LogP contribution in [0.2, 0.25) is 0 Å². The van der Waals surface area contributed by atoms with Gasteiger partial charge in [0.25, 0.3) is 15.9 Å². The molecule has 0 aliphatic carbocycles. The van der Waals surface area contributed by atoms with E-state index in [1.807, 2.05) is 30.9 Å². The van der Waals surface area contributed by atoms with Crippen LogP contribution in [0.5, 0.6) is 0 Å². The minimum Gasteiger partial charge on any atom is -0.336 e. The maximum absolute atomic E-state index is 13.1. The molecule has 0 spiro atoms. The van der Waals surface area contributed by atoms with E-state index in [1.165, 1.54) is 6.07 Å². The Morgan fingerprint density at radius 1 is 1.00 bits per heavy atom. The van der Waals surface area contributed by atoms with Crippen LogP contribution in [-0.2, 0) is 10.0 Å². The summed E-state index contributed by atoms with van der Waals surface area (Å²) in [7, 11) is -3.79. The molecule has 2 aromatic rings. The van der Waals surface area contributed by atoms with E-state index in [0.717, 1.165) is 30.8 Å². The fourth-order valence-corrected chi connectivity index (χ4v) is 4.87. The third kappa shape index (κ3) is 5.21. The van der Waals surface area contributed by atoms with Crippen molar-refractivity contribution in [2.24, 2.45) is 5.92 Å². The highest BCUT2D eigenvalue weighted by Crippen LogP contribution is 2.22. The highest BCUT2D eigenvalue weighted by atomic mass is 32.2. The summed E-state index contributed by atoms with van der Waals surface area (Å²) in [6, 6.07) is 12.0. The summed E-state index contributed by atoms with van der Waals surface area (Å²) in [5, 5.41) is 0. The van der Waals surface area contributed by atoms with Gasteiger partial charge in [0.1, 0.15) is 0 Å². The van der Waals surface area contributed by atoms with Crippen LogP contribution in [0.15, 0.2) is 47.4 Å². The van der Waals surface area contributed by atoms with Gasteiger partial charge in [-0.1, -0.05) is 38.1 Å². The maximum Gasteiger partial charge on any atom is 0.261 e. The first-order valence-electron chi connectivity index (χ1n) is 10.4. The highest BCUT2D eigenvalue weighted by Gasteiger charge is 2.25. The monoisotopic (exact) mass is 429 g/mol. The van der Waals surface area contributed by atoms with Crippen LogP contribution in [0.25, 0.3) is 0 Å². The van der Waals surface area contributed by atoms with Crippen LogP contribution in [-0.4, -0.2) is 56.8 Å². The quantitative estimate of drug-likeness (QED) is 0.763. The number of hydrogen-bond donors (Lipinski definition) is 1. The number of hydrogen-bond acceptors (Lipinski definition) is 4. The van der Waals surface area contributed by atoms with Gasteiger partial charge in [0.2, 0.25) is 0 Å². The Morgan fingerprint density at radius 2 is 1.67 bits per heavy atom. The summed E-state index contributed by atoms with van der Waals surface area (Å²) >= 11 is 0. The van der Waals surface area contributed by atoms with Crippen molar-refractivity contribution in [1.29, 1.82) is 0 Å². The molecular weight excluding hydrogens is 398 g/mol. The third-order valence-electron chi connectivity index (χ3n) is 5.42. The first kappa shape index (κ1) is 22.3. The molecule has 162 valence electrons. The van der Waals surface area contributed by atoms with Crippen molar-refractivity contribution >= 4 is 21.6 Å². The van der Waals surface area contributed by atoms with Gasteiger partial charge in [-0.25, -0.2) is 8.42 Å². The van der Waals surface area contributed by atoms with Gasteiger partial charge in [-0.05, 0) is 49.1 Å². The predicted molar refractivity (Wildman–Crippen MR) is 120 cm³/mol. The van der Waals surface area contributed by atoms with Crippen LogP contribution in [0, 0.1) is 19.8 Å². The van der Waals surface area contributed by atoms with Gasteiger partial charge in [-0.2, -0.15) is 0 Å². The SMILES string of the molecule is Cc1ccccc1NS(=O)(=O)c1ccc(C)c(C(=O)N2CCN(CC(C)C)CC2)c1. The Balaban J connectivity index is 1.78. The minimum atomic E-state index is -3.79. The summed E-state index contributed by atoms with van der Waals surface area (Å²) in [6.07, 6.45) is 0. The lowest BCUT2D eigenvalue weighted by atomic mass is 10.1. The number of amides is 1. The average Bonchev–Trinajstić information content (AvgIpc) is 2.69. The zero-order valence-corrected chi connectivity index (χ0v) is 19.0. The molecule has 0 atom stereocenters. The molecule has 1 amide bonds. The summed E-state index contributed by atoms with van der Waals surface area (Å²) in [6.45, 7) is 12.1. The molecule has 1 fully saturated rings. The number of anilines is 1. The molecule has 1 saturated heterocycles. The summed E-state index contributed by atoms with van der Waals surface area (Å²) in [5.74, 6) is 0.488. The molecule has 1 aliphatic heterocycles. The molecule has 3 rings (SSSR count). The van der Waals surface area contributed by atoms with Crippen LogP contribution >= 0.6 is 0 Å². The van der Waals surface area contributed by atoms with Crippen molar-refractivity contribution in [3.63, 3.8) is 0 Å². The van der Waals surface area contributed by atoms with Crippen molar-refractivity contribution in [3.8, 4) is 0 Å². The van der Waals surface area contributed by atoms with E-state index in [0.29, 0.717) is 30.3 Å². The van der Waals surface area contributed by atoms with Crippen LogP contribution in [0.3, 0.4) is 0 Å². The van der Waals surface area contributed by atoms with E-state index in [4.69, 9.17) is 0 Å². The number of carbonyl (C=O) groups is 1. The lowest BCUT2D eigenvalue weighted by molar-refractivity contribution is 0.0623. The summed E-state index contributed by atoms with van der Waals surface area (Å²) in [5.41, 5.74) is 2.59. The van der Waals surface area contributed by atoms with Crippen molar-refractivity contribution in [3.05, 3.63) is 59.2 Å². The Labute approximate surface area is 179 Å². The van der Waals surface area contributed by atoms with Gasteiger partial charge >= 0.3 is 0 Å². The Kier molecular flexibility index (Phi) is 6.83. The van der Waals surface area contributed by atoms with E-state index in [9.17, 15) is 13.2 Å². The fraction of sp³-hybridized carbons (Fsp3) is 0.435. The number of nitrogens with zero attached hydrogens (tertiary/aromatic N) is 2. The van der Waals surface area contributed by atoms with Crippen LogP contribution in [0.4, 0.5) is 5.69 Å². The van der Waals surface area contributed by atoms with Gasteiger partial charge in [-0.3, -0.25) is 14.4 Å². The number of rotatable bonds is 6. The van der Waals surface area contributed by atoms with Crippen molar-refractivity contribution < 1.29 is 13.2 Å². The summed E-state index contributed by atoms with van der Waals surface area (Å²) < 4.78 is 28.5. The molecule has 7 heteroatoms. The van der Waals surface area contributed by atoms with Crippen molar-refractivity contribution in [1.82, 2.24) is 9.80 Å². The number of benzene rings is 2. The maximum atomic E-state index is 13.1. The first-order chi connectivity index (χ1) is 14.2. The number of piperazine rings is 1. The van der Waals surface area contributed by atoms with E-state index in [1.54, 1.807) is 24.3 Å². The minimum absolute atomic E-state index is 0.0955. The third-order valence-corrected chi connectivity index (χ3v) is 6.79. The lowest BCUT2D eigenvalue weighted by Gasteiger charge is -2.35. The molecule has 1 N–H and O–H groups in total. The molecule has 0 saturated carbocycles. The summed E-state index contributed by atoms with van der Waals surface area (Å²) in [4.78, 5) is 17.4.